The molecule has 0 saturated heterocycles. The van der Waals surface area contributed by atoms with Gasteiger partial charge in [0, 0.05) is 35.0 Å². The lowest BCUT2D eigenvalue weighted by Crippen LogP contribution is -2.46. The maximum Gasteiger partial charge on any atom is 0.320 e. The highest BCUT2D eigenvalue weighted by atomic mass is 35.5. The van der Waals surface area contributed by atoms with Gasteiger partial charge in [0.2, 0.25) is 0 Å². The lowest BCUT2D eigenvalue weighted by molar-refractivity contribution is -0.149. The van der Waals surface area contributed by atoms with Crippen LogP contribution in [0.4, 0.5) is 0 Å². The monoisotopic (exact) mass is 734 g/mol. The van der Waals surface area contributed by atoms with Gasteiger partial charge in [-0.25, -0.2) is 0 Å². The van der Waals surface area contributed by atoms with Gasteiger partial charge in [-0.2, -0.15) is 0 Å². The van der Waals surface area contributed by atoms with Crippen molar-refractivity contribution >= 4 is 29.5 Å². The number of ether oxygens (including phenoxy) is 8. The Kier molecular flexibility index (Phi) is 35.0. The van der Waals surface area contributed by atoms with Crippen LogP contribution in [0.1, 0.15) is 46.0 Å². The molecule has 0 aromatic carbocycles. The van der Waals surface area contributed by atoms with Gasteiger partial charge in [-0.3, -0.25) is 19.3 Å². The molecular weight excluding hydrogens is 672 g/mol. The second kappa shape index (κ2) is 34.7. The number of methoxy groups -OCH3 is 4. The van der Waals surface area contributed by atoms with Crippen molar-refractivity contribution in [3.63, 3.8) is 0 Å². The van der Waals surface area contributed by atoms with E-state index in [1.165, 1.54) is 0 Å². The van der Waals surface area contributed by atoms with Gasteiger partial charge in [0.15, 0.2) is 0 Å². The van der Waals surface area contributed by atoms with Crippen molar-refractivity contribution in [1.82, 2.24) is 10.2 Å². The smallest absolute Gasteiger partial charge is 0.320 e. The third-order valence-electron chi connectivity index (χ3n) is 6.88. The first-order chi connectivity index (χ1) is 23.5. The van der Waals surface area contributed by atoms with Crippen molar-refractivity contribution in [2.45, 2.75) is 76.4 Å². The number of halogens is 1. The summed E-state index contributed by atoms with van der Waals surface area (Å²) in [7, 11) is 6.50. The van der Waals surface area contributed by atoms with Crippen LogP contribution in [0.2, 0.25) is 0 Å². The molecule has 0 saturated carbocycles. The fourth-order valence-electron chi connectivity index (χ4n) is 4.34. The number of aliphatic carboxylic acids is 3. The first-order valence-corrected chi connectivity index (χ1v) is 17.2. The van der Waals surface area contributed by atoms with E-state index >= 15 is 0 Å². The van der Waals surface area contributed by atoms with Crippen LogP contribution in [-0.2, 0) is 52.3 Å². The maximum atomic E-state index is 11.5. The van der Waals surface area contributed by atoms with Crippen molar-refractivity contribution in [2.24, 2.45) is 0 Å². The van der Waals surface area contributed by atoms with E-state index < -0.39 is 37.0 Å². The van der Waals surface area contributed by atoms with E-state index in [2.05, 4.69) is 12.2 Å². The molecule has 4 N–H and O–H groups in total. The second-order valence-corrected chi connectivity index (χ2v) is 11.3. The molecule has 0 rings (SSSR count). The highest BCUT2D eigenvalue weighted by Gasteiger charge is 2.28. The normalized spacial score (nSPS) is 14.4. The van der Waals surface area contributed by atoms with Crippen molar-refractivity contribution in [3.05, 3.63) is 0 Å². The topological polar surface area (TPSA) is 201 Å². The molecule has 0 aliphatic rings. The molecule has 5 unspecified atom stereocenters. The Morgan fingerprint density at radius 3 is 1.57 bits per heavy atom. The summed E-state index contributed by atoms with van der Waals surface area (Å²) in [4.78, 5) is 34.4. The van der Waals surface area contributed by atoms with Gasteiger partial charge in [-0.1, -0.05) is 20.3 Å². The highest BCUT2D eigenvalue weighted by Crippen LogP contribution is 2.11. The third kappa shape index (κ3) is 29.7. The lowest BCUT2D eigenvalue weighted by Gasteiger charge is -2.26. The Balaban J connectivity index is 0. The first-order valence-electron chi connectivity index (χ1n) is 16.6. The Labute approximate surface area is 296 Å². The molecule has 0 aliphatic carbocycles. The molecule has 292 valence electrons. The first kappa shape index (κ1) is 49.4. The minimum atomic E-state index is -1.28. The standard InChI is InChI=1S/C21H40N2O10.C11H23ClO4/c1-4-16(15-32-10-9-30-2)33-17(14-31-3)11-22-8-6-5-7-18(21(28)29)23(12-19(24)25)13-20(26)27;1-4-10(9-15-6-5-13-2)16-11(7-12)8-14-3/h16-18,22H,4-15H2,1-3H3,(H,24,25)(H,26,27)(H,28,29);10-11H,4-9H2,1-3H3. The van der Waals surface area contributed by atoms with Gasteiger partial charge in [-0.05, 0) is 32.2 Å². The Bertz CT molecular complexity index is 785. The molecule has 0 aromatic heterocycles. The van der Waals surface area contributed by atoms with Gasteiger partial charge in [0.1, 0.15) is 6.04 Å². The summed E-state index contributed by atoms with van der Waals surface area (Å²) in [5, 5.41) is 30.6. The summed E-state index contributed by atoms with van der Waals surface area (Å²) in [5.74, 6) is -3.36. The molecule has 0 fully saturated rings. The Hall–Kier alpha value is -1.70. The highest BCUT2D eigenvalue weighted by molar-refractivity contribution is 6.18. The van der Waals surface area contributed by atoms with Gasteiger partial charge < -0.3 is 58.5 Å². The fraction of sp³-hybridized carbons (Fsp3) is 0.906. The predicted octanol–water partition coefficient (Wildman–Crippen LogP) is 1.84. The van der Waals surface area contributed by atoms with Crippen molar-refractivity contribution in [3.8, 4) is 0 Å². The fourth-order valence-corrected chi connectivity index (χ4v) is 4.50. The molecule has 0 aromatic rings. The van der Waals surface area contributed by atoms with Gasteiger partial charge in [-0.15, -0.1) is 11.6 Å². The van der Waals surface area contributed by atoms with Crippen LogP contribution in [-0.4, -0.2) is 182 Å². The number of nitrogens with zero attached hydrogens (tertiary/aromatic N) is 1. The van der Waals surface area contributed by atoms with Gasteiger partial charge >= 0.3 is 17.9 Å². The van der Waals surface area contributed by atoms with Crippen molar-refractivity contribution < 1.29 is 67.6 Å². The van der Waals surface area contributed by atoms with Crippen LogP contribution in [0.25, 0.3) is 0 Å². The number of hydrogen-bond acceptors (Lipinski definition) is 13. The number of hydrogen-bond donors (Lipinski definition) is 4. The van der Waals surface area contributed by atoms with E-state index in [0.717, 1.165) is 17.7 Å². The number of nitrogens with one attached hydrogen (secondary N) is 1. The minimum Gasteiger partial charge on any atom is -0.480 e. The zero-order valence-electron chi connectivity index (χ0n) is 30.3. The number of unbranched alkanes of at least 4 members (excludes halogenated alkanes) is 1. The molecule has 16 nitrogen and oxygen atoms in total. The average molecular weight is 735 g/mol. The molecule has 0 amide bonds. The zero-order valence-corrected chi connectivity index (χ0v) is 31.0. The molecule has 0 radical (unpaired) electrons. The van der Waals surface area contributed by atoms with E-state index in [9.17, 15) is 19.5 Å². The quantitative estimate of drug-likeness (QED) is 0.0551. The molecule has 0 spiro atoms. The number of carbonyl (C=O) groups is 3. The molecule has 0 heterocycles. The Morgan fingerprint density at radius 1 is 0.673 bits per heavy atom. The molecule has 0 aliphatic heterocycles. The van der Waals surface area contributed by atoms with Crippen LogP contribution in [0.3, 0.4) is 0 Å². The number of carboxylic acids is 3. The zero-order chi connectivity index (χ0) is 37.3. The molecule has 17 heteroatoms. The summed E-state index contributed by atoms with van der Waals surface area (Å²) in [6, 6.07) is -1.18. The van der Waals surface area contributed by atoms with Gasteiger partial charge in [0.05, 0.1) is 96.2 Å². The van der Waals surface area contributed by atoms with E-state index in [1.54, 1.807) is 28.4 Å². The van der Waals surface area contributed by atoms with Crippen LogP contribution < -0.4 is 5.32 Å². The van der Waals surface area contributed by atoms with Gasteiger partial charge in [0.25, 0.3) is 0 Å². The summed E-state index contributed by atoms with van der Waals surface area (Å²) < 4.78 is 42.8. The summed E-state index contributed by atoms with van der Waals surface area (Å²) in [6.07, 6.45) is 2.69. The van der Waals surface area contributed by atoms with Crippen LogP contribution in [0.15, 0.2) is 0 Å². The number of alkyl halides is 1. The van der Waals surface area contributed by atoms with Crippen molar-refractivity contribution in [2.75, 3.05) is 113 Å². The Morgan fingerprint density at radius 2 is 1.16 bits per heavy atom. The van der Waals surface area contributed by atoms with E-state index in [4.69, 9.17) is 59.7 Å². The van der Waals surface area contributed by atoms with E-state index in [1.807, 2.05) is 6.92 Å². The predicted molar refractivity (Wildman–Crippen MR) is 183 cm³/mol. The van der Waals surface area contributed by atoms with Crippen LogP contribution in [0.5, 0.6) is 0 Å². The number of rotatable bonds is 34. The van der Waals surface area contributed by atoms with Crippen LogP contribution >= 0.6 is 11.6 Å². The molecule has 0 bridgehead atoms. The largest absolute Gasteiger partial charge is 0.480 e. The van der Waals surface area contributed by atoms with E-state index in [-0.39, 0.29) is 30.8 Å². The minimum absolute atomic E-state index is 0.0655. The summed E-state index contributed by atoms with van der Waals surface area (Å²) >= 11 is 5.77. The van der Waals surface area contributed by atoms with E-state index in [0.29, 0.717) is 84.7 Å². The number of carboxylic acid groups (broad SMARTS) is 3. The lowest BCUT2D eigenvalue weighted by atomic mass is 10.1. The second-order valence-electron chi connectivity index (χ2n) is 11.0. The average Bonchev–Trinajstić information content (AvgIpc) is 3.06. The van der Waals surface area contributed by atoms with Crippen molar-refractivity contribution in [1.29, 1.82) is 0 Å². The maximum absolute atomic E-state index is 11.5. The molecule has 49 heavy (non-hydrogen) atoms. The summed E-state index contributed by atoms with van der Waals surface area (Å²) in [6.45, 7) is 8.06. The molecule has 5 atom stereocenters. The molecular formula is C32H63ClN2O14. The third-order valence-corrected chi connectivity index (χ3v) is 7.23. The van der Waals surface area contributed by atoms with Crippen LogP contribution in [0, 0.1) is 0 Å². The summed E-state index contributed by atoms with van der Waals surface area (Å²) in [5.41, 5.74) is 0. The SMILES string of the molecule is CCC(COCCOC)OC(CCl)COC.CCC(COCCOC)OC(CNCCCCC(C(=O)O)N(CC(=O)O)CC(=O)O)COC.